The van der Waals surface area contributed by atoms with E-state index in [1.807, 2.05) is 19.2 Å². The summed E-state index contributed by atoms with van der Waals surface area (Å²) in [5.74, 6) is -0.229. The van der Waals surface area contributed by atoms with Gasteiger partial charge in [-0.05, 0) is 31.4 Å². The zero-order valence-electron chi connectivity index (χ0n) is 12.4. The molecular weight excluding hydrogens is 300 g/mol. The molecule has 6 heteroatoms. The van der Waals surface area contributed by atoms with Crippen LogP contribution in [0.1, 0.15) is 11.1 Å². The standard InChI is InChI=1S/C16H14N2O3S/c1-9-4-5-13-11(6-9)14(19)10(8-21-13)7-12-15(20)18(2)16(17-12)22-3/h4-8H,1-3H3/b12-7-. The molecule has 0 radical (unpaired) electrons. The monoisotopic (exact) mass is 314 g/mol. The first-order valence-corrected chi connectivity index (χ1v) is 7.88. The zero-order valence-corrected chi connectivity index (χ0v) is 13.2. The van der Waals surface area contributed by atoms with Crippen LogP contribution in [0.25, 0.3) is 17.0 Å². The Morgan fingerprint density at radius 1 is 1.32 bits per heavy atom. The first-order valence-electron chi connectivity index (χ1n) is 6.66. The van der Waals surface area contributed by atoms with Crippen LogP contribution in [0.3, 0.4) is 0 Å². The predicted molar refractivity (Wildman–Crippen MR) is 88.9 cm³/mol. The fourth-order valence-electron chi connectivity index (χ4n) is 2.27. The molecule has 0 saturated heterocycles. The summed E-state index contributed by atoms with van der Waals surface area (Å²) in [7, 11) is 1.66. The second-order valence-electron chi connectivity index (χ2n) is 5.01. The first kappa shape index (κ1) is 14.6. The molecule has 0 bridgehead atoms. The van der Waals surface area contributed by atoms with E-state index in [0.29, 0.717) is 21.7 Å². The number of nitrogens with zero attached hydrogens (tertiary/aromatic N) is 2. The highest BCUT2D eigenvalue weighted by Gasteiger charge is 2.26. The van der Waals surface area contributed by atoms with Gasteiger partial charge in [0.15, 0.2) is 10.6 Å². The molecule has 0 aliphatic carbocycles. The van der Waals surface area contributed by atoms with Crippen molar-refractivity contribution in [2.45, 2.75) is 6.92 Å². The molecule has 22 heavy (non-hydrogen) atoms. The molecule has 0 saturated carbocycles. The summed E-state index contributed by atoms with van der Waals surface area (Å²) in [6.07, 6.45) is 4.70. The molecule has 1 aromatic heterocycles. The number of aliphatic imine (C=N–C) groups is 1. The Morgan fingerprint density at radius 2 is 2.09 bits per heavy atom. The lowest BCUT2D eigenvalue weighted by Crippen LogP contribution is -2.25. The van der Waals surface area contributed by atoms with Crippen LogP contribution >= 0.6 is 11.8 Å². The Balaban J connectivity index is 2.14. The molecule has 112 valence electrons. The lowest BCUT2D eigenvalue weighted by molar-refractivity contribution is -0.121. The minimum Gasteiger partial charge on any atom is -0.463 e. The van der Waals surface area contributed by atoms with E-state index in [0.717, 1.165) is 5.56 Å². The maximum atomic E-state index is 12.5. The summed E-state index contributed by atoms with van der Waals surface area (Å²) in [5, 5.41) is 1.11. The van der Waals surface area contributed by atoms with Crippen molar-refractivity contribution in [1.29, 1.82) is 0 Å². The van der Waals surface area contributed by atoms with Gasteiger partial charge in [0, 0.05) is 7.05 Å². The molecule has 5 nitrogen and oxygen atoms in total. The van der Waals surface area contributed by atoms with Gasteiger partial charge in [0.05, 0.1) is 10.9 Å². The van der Waals surface area contributed by atoms with Crippen LogP contribution in [-0.2, 0) is 4.79 Å². The maximum absolute atomic E-state index is 12.5. The van der Waals surface area contributed by atoms with Gasteiger partial charge in [0.25, 0.3) is 5.91 Å². The smallest absolute Gasteiger partial charge is 0.278 e. The van der Waals surface area contributed by atoms with E-state index in [1.165, 1.54) is 29.0 Å². The molecule has 1 aliphatic heterocycles. The van der Waals surface area contributed by atoms with Crippen LogP contribution in [0, 0.1) is 6.92 Å². The summed E-state index contributed by atoms with van der Waals surface area (Å²) in [6, 6.07) is 5.43. The molecule has 1 aromatic carbocycles. The molecule has 2 aromatic rings. The van der Waals surface area contributed by atoms with Gasteiger partial charge < -0.3 is 4.42 Å². The van der Waals surface area contributed by atoms with Crippen LogP contribution in [0.4, 0.5) is 0 Å². The normalized spacial score (nSPS) is 16.7. The number of carbonyl (C=O) groups excluding carboxylic acids is 1. The first-order chi connectivity index (χ1) is 10.5. The van der Waals surface area contributed by atoms with Gasteiger partial charge in [-0.15, -0.1) is 0 Å². The van der Waals surface area contributed by atoms with Gasteiger partial charge in [-0.25, -0.2) is 4.99 Å². The average Bonchev–Trinajstić information content (AvgIpc) is 2.78. The number of aryl methyl sites for hydroxylation is 1. The van der Waals surface area contributed by atoms with Crippen LogP contribution in [-0.4, -0.2) is 29.3 Å². The Kier molecular flexibility index (Phi) is 3.62. The fourth-order valence-corrected chi connectivity index (χ4v) is 2.81. The number of amidine groups is 1. The summed E-state index contributed by atoms with van der Waals surface area (Å²) in [6.45, 7) is 1.91. The molecule has 3 rings (SSSR count). The number of thioether (sulfide) groups is 1. The largest absolute Gasteiger partial charge is 0.463 e. The number of likely N-dealkylation sites (N-methyl/N-ethyl adjacent to an activating group) is 1. The molecule has 0 fully saturated rings. The van der Waals surface area contributed by atoms with Crippen molar-refractivity contribution in [3.8, 4) is 0 Å². The third kappa shape index (κ3) is 2.35. The van der Waals surface area contributed by atoms with Gasteiger partial charge >= 0.3 is 0 Å². The highest BCUT2D eigenvalue weighted by atomic mass is 32.2. The Hall–Kier alpha value is -2.34. The summed E-state index contributed by atoms with van der Waals surface area (Å²) >= 11 is 1.38. The highest BCUT2D eigenvalue weighted by Crippen LogP contribution is 2.21. The number of hydrogen-bond donors (Lipinski definition) is 0. The van der Waals surface area contributed by atoms with Gasteiger partial charge in [0.1, 0.15) is 17.5 Å². The summed E-state index contributed by atoms with van der Waals surface area (Å²) in [4.78, 5) is 30.3. The Labute approximate surface area is 131 Å². The van der Waals surface area contributed by atoms with Crippen molar-refractivity contribution in [3.05, 3.63) is 51.5 Å². The lowest BCUT2D eigenvalue weighted by Gasteiger charge is -2.07. The lowest BCUT2D eigenvalue weighted by atomic mass is 10.1. The van der Waals surface area contributed by atoms with Crippen molar-refractivity contribution in [2.75, 3.05) is 13.3 Å². The van der Waals surface area contributed by atoms with Gasteiger partial charge in [0.2, 0.25) is 0 Å². The van der Waals surface area contributed by atoms with Gasteiger partial charge in [-0.1, -0.05) is 23.4 Å². The van der Waals surface area contributed by atoms with E-state index in [1.54, 1.807) is 19.2 Å². The second kappa shape index (κ2) is 5.46. The number of benzene rings is 1. The van der Waals surface area contributed by atoms with Crippen molar-refractivity contribution in [1.82, 2.24) is 4.90 Å². The minimum atomic E-state index is -0.229. The highest BCUT2D eigenvalue weighted by molar-refractivity contribution is 8.13. The van der Waals surface area contributed by atoms with Crippen LogP contribution in [0.5, 0.6) is 0 Å². The third-order valence-electron chi connectivity index (χ3n) is 3.46. The van der Waals surface area contributed by atoms with Crippen molar-refractivity contribution in [3.63, 3.8) is 0 Å². The number of fused-ring (bicyclic) bond motifs is 1. The maximum Gasteiger partial charge on any atom is 0.278 e. The topological polar surface area (TPSA) is 62.9 Å². The van der Waals surface area contributed by atoms with Crippen molar-refractivity contribution < 1.29 is 9.21 Å². The summed E-state index contributed by atoms with van der Waals surface area (Å²) < 4.78 is 5.48. The van der Waals surface area contributed by atoms with Crippen molar-refractivity contribution >= 4 is 39.9 Å². The number of amides is 1. The molecular formula is C16H14N2O3S. The predicted octanol–water partition coefficient (Wildman–Crippen LogP) is 2.63. The minimum absolute atomic E-state index is 0.166. The third-order valence-corrected chi connectivity index (χ3v) is 4.19. The van der Waals surface area contributed by atoms with Crippen LogP contribution < -0.4 is 5.43 Å². The van der Waals surface area contributed by atoms with E-state index >= 15 is 0 Å². The second-order valence-corrected chi connectivity index (χ2v) is 5.79. The molecule has 0 N–H and O–H groups in total. The van der Waals surface area contributed by atoms with E-state index < -0.39 is 0 Å². The van der Waals surface area contributed by atoms with Crippen LogP contribution in [0.2, 0.25) is 0 Å². The zero-order chi connectivity index (χ0) is 15.9. The Bertz CT molecular complexity index is 896. The van der Waals surface area contributed by atoms with Crippen molar-refractivity contribution in [2.24, 2.45) is 4.99 Å². The SMILES string of the molecule is CSC1=N/C(=C\c2coc3ccc(C)cc3c2=O)C(=O)N1C. The molecule has 0 atom stereocenters. The van der Waals surface area contributed by atoms with Gasteiger partial charge in [-0.2, -0.15) is 0 Å². The summed E-state index contributed by atoms with van der Waals surface area (Å²) in [5.41, 5.74) is 1.90. The van der Waals surface area contributed by atoms with E-state index in [2.05, 4.69) is 4.99 Å². The van der Waals surface area contributed by atoms with E-state index in [4.69, 9.17) is 4.42 Å². The molecule has 0 unspecified atom stereocenters. The number of hydrogen-bond acceptors (Lipinski definition) is 5. The average molecular weight is 314 g/mol. The Morgan fingerprint density at radius 3 is 2.77 bits per heavy atom. The molecule has 0 spiro atoms. The fraction of sp³-hybridized carbons (Fsp3) is 0.188. The molecule has 1 aliphatic rings. The number of rotatable bonds is 1. The molecule has 2 heterocycles. The van der Waals surface area contributed by atoms with Crippen LogP contribution in [0.15, 0.2) is 44.4 Å². The molecule has 1 amide bonds. The number of carbonyl (C=O) groups is 1. The quantitative estimate of drug-likeness (QED) is 0.759. The van der Waals surface area contributed by atoms with Gasteiger partial charge in [-0.3, -0.25) is 14.5 Å². The van der Waals surface area contributed by atoms with E-state index in [-0.39, 0.29) is 17.0 Å². The van der Waals surface area contributed by atoms with E-state index in [9.17, 15) is 9.59 Å².